The van der Waals surface area contributed by atoms with Crippen molar-refractivity contribution in [1.29, 1.82) is 0 Å². The zero-order chi connectivity index (χ0) is 12.7. The Hall–Kier alpha value is 0. The average Bonchev–Trinajstić information content (AvgIpc) is 2.99. The van der Waals surface area contributed by atoms with E-state index in [9.17, 15) is 0 Å². The molecule has 1 aliphatic carbocycles. The largest absolute Gasteiger partial charge is 0.0654 e. The minimum Gasteiger partial charge on any atom is -0.0654 e. The van der Waals surface area contributed by atoms with Gasteiger partial charge in [-0.05, 0) is 36.5 Å². The molecule has 1 saturated carbocycles. The van der Waals surface area contributed by atoms with E-state index in [1.54, 1.807) is 0 Å². The van der Waals surface area contributed by atoms with E-state index in [-0.39, 0.29) is 0 Å². The molecular formula is C17H34. The van der Waals surface area contributed by atoms with E-state index in [1.807, 2.05) is 0 Å². The number of rotatable bonds is 10. The molecule has 4 atom stereocenters. The van der Waals surface area contributed by atoms with E-state index in [0.717, 1.165) is 23.7 Å². The molecule has 0 saturated heterocycles. The Labute approximate surface area is 110 Å². The normalized spacial score (nSPS) is 26.8. The highest BCUT2D eigenvalue weighted by molar-refractivity contribution is 4.81. The molecule has 0 bridgehead atoms. The van der Waals surface area contributed by atoms with Gasteiger partial charge in [-0.3, -0.25) is 0 Å². The van der Waals surface area contributed by atoms with Gasteiger partial charge in [-0.15, -0.1) is 0 Å². The fourth-order valence-electron chi connectivity index (χ4n) is 3.31. The van der Waals surface area contributed by atoms with E-state index in [2.05, 4.69) is 27.7 Å². The number of unbranched alkanes of at least 4 members (excludes halogenated alkanes) is 1. The summed E-state index contributed by atoms with van der Waals surface area (Å²) in [4.78, 5) is 0. The third kappa shape index (κ3) is 6.48. The van der Waals surface area contributed by atoms with E-state index >= 15 is 0 Å². The van der Waals surface area contributed by atoms with Crippen LogP contribution in [0.1, 0.15) is 85.5 Å². The van der Waals surface area contributed by atoms with Crippen LogP contribution in [0.15, 0.2) is 0 Å². The summed E-state index contributed by atoms with van der Waals surface area (Å²) in [6.07, 6.45) is 13.2. The summed E-state index contributed by atoms with van der Waals surface area (Å²) >= 11 is 0. The molecule has 0 heterocycles. The van der Waals surface area contributed by atoms with Gasteiger partial charge < -0.3 is 0 Å². The molecule has 4 unspecified atom stereocenters. The first kappa shape index (κ1) is 15.1. The van der Waals surface area contributed by atoms with E-state index in [4.69, 9.17) is 0 Å². The molecule has 1 fully saturated rings. The average molecular weight is 238 g/mol. The molecule has 0 amide bonds. The maximum atomic E-state index is 2.44. The molecule has 1 aliphatic rings. The first-order valence-electron chi connectivity index (χ1n) is 8.17. The summed E-state index contributed by atoms with van der Waals surface area (Å²) < 4.78 is 0. The smallest absolute Gasteiger partial charge is 0.0386 e. The lowest BCUT2D eigenvalue weighted by Gasteiger charge is -2.19. The van der Waals surface area contributed by atoms with Crippen molar-refractivity contribution in [2.45, 2.75) is 85.5 Å². The van der Waals surface area contributed by atoms with E-state index in [0.29, 0.717) is 0 Å². The van der Waals surface area contributed by atoms with Crippen LogP contribution in [0, 0.1) is 23.7 Å². The maximum Gasteiger partial charge on any atom is -0.0386 e. The summed E-state index contributed by atoms with van der Waals surface area (Å²) in [5.41, 5.74) is 0. The van der Waals surface area contributed by atoms with Crippen LogP contribution < -0.4 is 0 Å². The van der Waals surface area contributed by atoms with Crippen LogP contribution in [0.5, 0.6) is 0 Å². The molecule has 17 heavy (non-hydrogen) atoms. The highest BCUT2D eigenvalue weighted by Gasteiger charge is 2.31. The van der Waals surface area contributed by atoms with E-state index in [1.165, 1.54) is 57.8 Å². The second-order valence-electron chi connectivity index (χ2n) is 6.66. The topological polar surface area (TPSA) is 0 Å². The molecule has 0 aromatic carbocycles. The third-order valence-corrected chi connectivity index (χ3v) is 4.81. The fraction of sp³-hybridized carbons (Fsp3) is 1.00. The fourth-order valence-corrected chi connectivity index (χ4v) is 3.31. The van der Waals surface area contributed by atoms with Crippen molar-refractivity contribution >= 4 is 0 Å². The molecule has 0 spiro atoms. The van der Waals surface area contributed by atoms with Crippen molar-refractivity contribution in [3.63, 3.8) is 0 Å². The van der Waals surface area contributed by atoms with Crippen LogP contribution in [-0.2, 0) is 0 Å². The van der Waals surface area contributed by atoms with Crippen molar-refractivity contribution in [1.82, 2.24) is 0 Å². The molecular weight excluding hydrogens is 204 g/mol. The summed E-state index contributed by atoms with van der Waals surface area (Å²) in [5, 5.41) is 0. The summed E-state index contributed by atoms with van der Waals surface area (Å²) in [6, 6.07) is 0. The highest BCUT2D eigenvalue weighted by Crippen LogP contribution is 2.41. The first-order valence-corrected chi connectivity index (χ1v) is 8.17. The van der Waals surface area contributed by atoms with Gasteiger partial charge in [0.15, 0.2) is 0 Å². The monoisotopic (exact) mass is 238 g/mol. The molecule has 0 heteroatoms. The number of hydrogen-bond donors (Lipinski definition) is 0. The Balaban J connectivity index is 2.01. The molecule has 0 aromatic heterocycles. The predicted molar refractivity (Wildman–Crippen MR) is 78.2 cm³/mol. The van der Waals surface area contributed by atoms with Crippen LogP contribution in [0.3, 0.4) is 0 Å². The SMILES string of the molecule is CCCC(C)CC(CC)CCCCC1CC1C. The lowest BCUT2D eigenvalue weighted by Crippen LogP contribution is -2.06. The summed E-state index contributed by atoms with van der Waals surface area (Å²) in [5.74, 6) is 4.12. The van der Waals surface area contributed by atoms with Crippen LogP contribution in [0.25, 0.3) is 0 Å². The van der Waals surface area contributed by atoms with Crippen LogP contribution >= 0.6 is 0 Å². The Bertz CT molecular complexity index is 184. The van der Waals surface area contributed by atoms with Gasteiger partial charge in [0.05, 0.1) is 0 Å². The Kier molecular flexibility index (Phi) is 7.23. The van der Waals surface area contributed by atoms with Gasteiger partial charge in [-0.2, -0.15) is 0 Å². The highest BCUT2D eigenvalue weighted by atomic mass is 14.4. The third-order valence-electron chi connectivity index (χ3n) is 4.81. The van der Waals surface area contributed by atoms with Crippen LogP contribution in [0.2, 0.25) is 0 Å². The zero-order valence-electron chi connectivity index (χ0n) is 12.7. The van der Waals surface area contributed by atoms with Crippen LogP contribution in [0.4, 0.5) is 0 Å². The standard InChI is InChI=1S/C17H34/c1-5-9-14(3)12-16(6-2)10-7-8-11-17-13-15(17)4/h14-17H,5-13H2,1-4H3. The molecule has 1 rings (SSSR count). The summed E-state index contributed by atoms with van der Waals surface area (Å²) in [6.45, 7) is 9.55. The van der Waals surface area contributed by atoms with Gasteiger partial charge >= 0.3 is 0 Å². The van der Waals surface area contributed by atoms with Gasteiger partial charge in [-0.1, -0.05) is 72.6 Å². The molecule has 0 aromatic rings. The number of hydrogen-bond acceptors (Lipinski definition) is 0. The molecule has 0 N–H and O–H groups in total. The van der Waals surface area contributed by atoms with Crippen molar-refractivity contribution in [3.8, 4) is 0 Å². The lowest BCUT2D eigenvalue weighted by molar-refractivity contribution is 0.334. The van der Waals surface area contributed by atoms with Crippen molar-refractivity contribution in [3.05, 3.63) is 0 Å². The quantitative estimate of drug-likeness (QED) is 0.406. The summed E-state index contributed by atoms with van der Waals surface area (Å²) in [7, 11) is 0. The van der Waals surface area contributed by atoms with Crippen molar-refractivity contribution in [2.75, 3.05) is 0 Å². The van der Waals surface area contributed by atoms with Gasteiger partial charge in [0, 0.05) is 0 Å². The van der Waals surface area contributed by atoms with Gasteiger partial charge in [-0.25, -0.2) is 0 Å². The first-order chi connectivity index (χ1) is 8.17. The van der Waals surface area contributed by atoms with Crippen molar-refractivity contribution in [2.24, 2.45) is 23.7 Å². The second kappa shape index (κ2) is 8.16. The zero-order valence-corrected chi connectivity index (χ0v) is 12.7. The van der Waals surface area contributed by atoms with Gasteiger partial charge in [0.2, 0.25) is 0 Å². The molecule has 102 valence electrons. The second-order valence-corrected chi connectivity index (χ2v) is 6.66. The molecule has 0 aliphatic heterocycles. The van der Waals surface area contributed by atoms with Gasteiger partial charge in [0.1, 0.15) is 0 Å². The Morgan fingerprint density at radius 3 is 2.35 bits per heavy atom. The molecule has 0 nitrogen and oxygen atoms in total. The molecule has 0 radical (unpaired) electrons. The Morgan fingerprint density at radius 2 is 1.82 bits per heavy atom. The van der Waals surface area contributed by atoms with Crippen LogP contribution in [-0.4, -0.2) is 0 Å². The minimum absolute atomic E-state index is 0.952. The van der Waals surface area contributed by atoms with E-state index < -0.39 is 0 Å². The Morgan fingerprint density at radius 1 is 1.12 bits per heavy atom. The van der Waals surface area contributed by atoms with Crippen molar-refractivity contribution < 1.29 is 0 Å². The lowest BCUT2D eigenvalue weighted by atomic mass is 9.87. The van der Waals surface area contributed by atoms with Gasteiger partial charge in [0.25, 0.3) is 0 Å². The predicted octanol–water partition coefficient (Wildman–Crippen LogP) is 6.06. The maximum absolute atomic E-state index is 2.44. The minimum atomic E-state index is 0.952.